The van der Waals surface area contributed by atoms with E-state index < -0.39 is 0 Å². The molecule has 0 aliphatic carbocycles. The lowest BCUT2D eigenvalue weighted by Crippen LogP contribution is -2.47. The molecule has 3 fully saturated rings. The van der Waals surface area contributed by atoms with Gasteiger partial charge in [0.2, 0.25) is 0 Å². The Labute approximate surface area is 161 Å². The zero-order chi connectivity index (χ0) is 18.6. The molecule has 27 heavy (non-hydrogen) atoms. The SMILES string of the molecule is CCOC(=O)N1C2C/C(=C/c3ccccc3)CC1C(OC1CCCCO1)C2. The van der Waals surface area contributed by atoms with Gasteiger partial charge in [0.25, 0.3) is 0 Å². The van der Waals surface area contributed by atoms with Crippen molar-refractivity contribution >= 4 is 12.2 Å². The number of amides is 1. The second-order valence-corrected chi connectivity index (χ2v) is 7.66. The minimum atomic E-state index is -0.207. The van der Waals surface area contributed by atoms with Crippen LogP contribution in [-0.4, -0.2) is 48.7 Å². The number of fused-ring (bicyclic) bond motifs is 2. The van der Waals surface area contributed by atoms with E-state index >= 15 is 0 Å². The maximum atomic E-state index is 12.6. The number of hydrogen-bond acceptors (Lipinski definition) is 4. The van der Waals surface area contributed by atoms with Gasteiger partial charge in [0, 0.05) is 12.6 Å². The van der Waals surface area contributed by atoms with Crippen molar-refractivity contribution < 1.29 is 19.0 Å². The second kappa shape index (κ2) is 8.44. The van der Waals surface area contributed by atoms with E-state index in [0.717, 1.165) is 45.1 Å². The Kier molecular flexibility index (Phi) is 5.79. The van der Waals surface area contributed by atoms with Crippen molar-refractivity contribution in [3.63, 3.8) is 0 Å². The summed E-state index contributed by atoms with van der Waals surface area (Å²) in [5, 5.41) is 0. The quantitative estimate of drug-likeness (QED) is 0.788. The first-order valence-corrected chi connectivity index (χ1v) is 10.2. The van der Waals surface area contributed by atoms with E-state index in [9.17, 15) is 4.79 Å². The van der Waals surface area contributed by atoms with Gasteiger partial charge < -0.3 is 14.2 Å². The van der Waals surface area contributed by atoms with Gasteiger partial charge >= 0.3 is 6.09 Å². The Morgan fingerprint density at radius 3 is 2.85 bits per heavy atom. The summed E-state index contributed by atoms with van der Waals surface area (Å²) < 4.78 is 17.4. The van der Waals surface area contributed by atoms with Crippen molar-refractivity contribution in [1.29, 1.82) is 0 Å². The molecule has 1 amide bonds. The number of benzene rings is 1. The van der Waals surface area contributed by atoms with Crippen molar-refractivity contribution in [3.8, 4) is 0 Å². The fourth-order valence-electron chi connectivity index (χ4n) is 4.60. The van der Waals surface area contributed by atoms with Crippen LogP contribution in [0.2, 0.25) is 0 Å². The third-order valence-corrected chi connectivity index (χ3v) is 5.77. The summed E-state index contributed by atoms with van der Waals surface area (Å²) in [6.07, 6.45) is 7.72. The molecule has 0 N–H and O–H groups in total. The molecule has 3 aliphatic heterocycles. The van der Waals surface area contributed by atoms with Crippen molar-refractivity contribution in [2.75, 3.05) is 13.2 Å². The van der Waals surface area contributed by atoms with Crippen LogP contribution in [0.15, 0.2) is 35.9 Å². The van der Waals surface area contributed by atoms with Gasteiger partial charge in [-0.05, 0) is 51.0 Å². The van der Waals surface area contributed by atoms with E-state index in [1.807, 2.05) is 17.9 Å². The van der Waals surface area contributed by atoms with Gasteiger partial charge in [-0.25, -0.2) is 4.79 Å². The van der Waals surface area contributed by atoms with Crippen LogP contribution in [0.5, 0.6) is 0 Å². The van der Waals surface area contributed by atoms with E-state index in [1.165, 1.54) is 11.1 Å². The highest BCUT2D eigenvalue weighted by atomic mass is 16.7. The van der Waals surface area contributed by atoms with E-state index in [-0.39, 0.29) is 30.6 Å². The number of carbonyl (C=O) groups excluding carboxylic acids is 1. The molecule has 1 aromatic rings. The fourth-order valence-corrected chi connectivity index (χ4v) is 4.60. The van der Waals surface area contributed by atoms with Crippen LogP contribution < -0.4 is 0 Å². The van der Waals surface area contributed by atoms with Crippen LogP contribution in [0.25, 0.3) is 6.08 Å². The van der Waals surface area contributed by atoms with Crippen molar-refractivity contribution in [2.24, 2.45) is 0 Å². The smallest absolute Gasteiger partial charge is 0.410 e. The Morgan fingerprint density at radius 2 is 2.11 bits per heavy atom. The molecule has 4 atom stereocenters. The monoisotopic (exact) mass is 371 g/mol. The molecule has 3 aliphatic rings. The van der Waals surface area contributed by atoms with Gasteiger partial charge in [0.1, 0.15) is 0 Å². The number of ether oxygens (including phenoxy) is 3. The number of piperidine rings is 1. The summed E-state index contributed by atoms with van der Waals surface area (Å²) in [6, 6.07) is 10.6. The Balaban J connectivity index is 1.51. The first-order chi connectivity index (χ1) is 13.2. The molecule has 3 heterocycles. The normalized spacial score (nSPS) is 31.9. The predicted octanol–water partition coefficient (Wildman–Crippen LogP) is 4.38. The minimum absolute atomic E-state index is 0.0178. The van der Waals surface area contributed by atoms with E-state index in [2.05, 4.69) is 30.3 Å². The number of rotatable bonds is 4. The van der Waals surface area contributed by atoms with Crippen LogP contribution in [0.3, 0.4) is 0 Å². The van der Waals surface area contributed by atoms with E-state index in [4.69, 9.17) is 14.2 Å². The van der Waals surface area contributed by atoms with Gasteiger partial charge in [0.05, 0.1) is 18.8 Å². The minimum Gasteiger partial charge on any atom is -0.450 e. The summed E-state index contributed by atoms with van der Waals surface area (Å²) in [6.45, 7) is 3.03. The van der Waals surface area contributed by atoms with E-state index in [0.29, 0.717) is 6.61 Å². The number of hydrogen-bond donors (Lipinski definition) is 0. The summed E-state index contributed by atoms with van der Waals surface area (Å²) in [5.74, 6) is 0. The highest BCUT2D eigenvalue weighted by Crippen LogP contribution is 2.41. The molecular formula is C22H29NO4. The third-order valence-electron chi connectivity index (χ3n) is 5.77. The summed E-state index contributed by atoms with van der Waals surface area (Å²) in [5.41, 5.74) is 2.59. The first-order valence-electron chi connectivity index (χ1n) is 10.2. The second-order valence-electron chi connectivity index (χ2n) is 7.66. The Morgan fingerprint density at radius 1 is 1.26 bits per heavy atom. The van der Waals surface area contributed by atoms with Gasteiger partial charge in [0.15, 0.2) is 6.29 Å². The Hall–Kier alpha value is -1.85. The van der Waals surface area contributed by atoms with Gasteiger partial charge in [-0.1, -0.05) is 42.0 Å². The average Bonchev–Trinajstić information content (AvgIpc) is 2.90. The highest BCUT2D eigenvalue weighted by molar-refractivity contribution is 5.70. The number of carbonyl (C=O) groups is 1. The zero-order valence-corrected chi connectivity index (χ0v) is 16.0. The molecule has 5 nitrogen and oxygen atoms in total. The van der Waals surface area contributed by atoms with Crippen LogP contribution in [-0.2, 0) is 14.2 Å². The predicted molar refractivity (Wildman–Crippen MR) is 103 cm³/mol. The molecule has 4 unspecified atom stereocenters. The van der Waals surface area contributed by atoms with Crippen molar-refractivity contribution in [3.05, 3.63) is 41.5 Å². The van der Waals surface area contributed by atoms with Crippen LogP contribution in [0.1, 0.15) is 51.0 Å². The molecule has 3 saturated heterocycles. The van der Waals surface area contributed by atoms with Gasteiger partial charge in [-0.2, -0.15) is 0 Å². The van der Waals surface area contributed by atoms with Crippen LogP contribution in [0, 0.1) is 0 Å². The standard InChI is InChI=1S/C22H29NO4/c1-2-25-22(24)23-18-13-17(12-16-8-4-3-5-9-16)14-19(23)20(15-18)27-21-10-6-7-11-26-21/h3-5,8-9,12,18-21H,2,6-7,10-11,13-15H2,1H3/b17-12-. The summed E-state index contributed by atoms with van der Waals surface area (Å²) in [7, 11) is 0. The molecule has 2 bridgehead atoms. The summed E-state index contributed by atoms with van der Waals surface area (Å²) >= 11 is 0. The Bertz CT molecular complexity index is 668. The van der Waals surface area contributed by atoms with Crippen LogP contribution >= 0.6 is 0 Å². The third kappa shape index (κ3) is 4.19. The van der Waals surface area contributed by atoms with Gasteiger partial charge in [-0.15, -0.1) is 0 Å². The van der Waals surface area contributed by atoms with Gasteiger partial charge in [-0.3, -0.25) is 4.90 Å². The topological polar surface area (TPSA) is 48.0 Å². The highest BCUT2D eigenvalue weighted by Gasteiger charge is 2.49. The molecule has 0 aromatic heterocycles. The van der Waals surface area contributed by atoms with Crippen molar-refractivity contribution in [1.82, 2.24) is 4.90 Å². The molecule has 5 heteroatoms. The fraction of sp³-hybridized carbons (Fsp3) is 0.591. The van der Waals surface area contributed by atoms with Crippen molar-refractivity contribution in [2.45, 2.75) is 69.9 Å². The lowest BCUT2D eigenvalue weighted by molar-refractivity contribution is -0.191. The maximum Gasteiger partial charge on any atom is 0.410 e. The summed E-state index contributed by atoms with van der Waals surface area (Å²) in [4.78, 5) is 14.5. The molecule has 0 radical (unpaired) electrons. The lowest BCUT2D eigenvalue weighted by atomic mass is 9.95. The molecule has 1 aromatic carbocycles. The first kappa shape index (κ1) is 18.5. The molecule has 0 spiro atoms. The molecule has 146 valence electrons. The molecule has 4 rings (SSSR count). The maximum absolute atomic E-state index is 12.6. The molecule has 0 saturated carbocycles. The zero-order valence-electron chi connectivity index (χ0n) is 16.0. The number of nitrogens with zero attached hydrogens (tertiary/aromatic N) is 1. The van der Waals surface area contributed by atoms with E-state index in [1.54, 1.807) is 0 Å². The van der Waals surface area contributed by atoms with Crippen LogP contribution in [0.4, 0.5) is 4.79 Å². The lowest BCUT2D eigenvalue weighted by Gasteiger charge is -2.36. The largest absolute Gasteiger partial charge is 0.450 e. The average molecular weight is 371 g/mol. The molecular weight excluding hydrogens is 342 g/mol.